The molecule has 1 atom stereocenters. The maximum absolute atomic E-state index is 12.5. The third-order valence-electron chi connectivity index (χ3n) is 5.35. The fourth-order valence-electron chi connectivity index (χ4n) is 3.47. The Morgan fingerprint density at radius 3 is 2.55 bits per heavy atom. The van der Waals surface area contributed by atoms with Gasteiger partial charge in [-0.05, 0) is 36.6 Å². The lowest BCUT2D eigenvalue weighted by atomic mass is 10.1. The molecule has 0 radical (unpaired) electrons. The Hall–Kier alpha value is -3.15. The van der Waals surface area contributed by atoms with Crippen molar-refractivity contribution in [2.75, 3.05) is 18.0 Å². The van der Waals surface area contributed by atoms with Crippen molar-refractivity contribution >= 4 is 23.4 Å². The highest BCUT2D eigenvalue weighted by Crippen LogP contribution is 2.29. The second-order valence-electron chi connectivity index (χ2n) is 7.43. The Bertz CT molecular complexity index is 895. The Morgan fingerprint density at radius 1 is 1.03 bits per heavy atom. The Morgan fingerprint density at radius 2 is 1.79 bits per heavy atom. The first kappa shape index (κ1) is 20.6. The van der Waals surface area contributed by atoms with Crippen LogP contribution in [-0.2, 0) is 20.9 Å². The molecule has 1 aliphatic rings. The monoisotopic (exact) mass is 393 g/mol. The van der Waals surface area contributed by atoms with E-state index in [1.165, 1.54) is 0 Å². The zero-order chi connectivity index (χ0) is 20.8. The number of amides is 3. The van der Waals surface area contributed by atoms with E-state index in [0.717, 1.165) is 22.4 Å². The summed E-state index contributed by atoms with van der Waals surface area (Å²) in [5.41, 5.74) is 4.06. The Balaban J connectivity index is 1.45. The first-order valence-corrected chi connectivity index (χ1v) is 9.90. The third-order valence-corrected chi connectivity index (χ3v) is 5.35. The number of carbonyl (C=O) groups is 3. The van der Waals surface area contributed by atoms with Crippen LogP contribution >= 0.6 is 0 Å². The van der Waals surface area contributed by atoms with Crippen LogP contribution in [0, 0.1) is 19.8 Å². The molecule has 2 aromatic rings. The molecule has 3 amide bonds. The fourth-order valence-corrected chi connectivity index (χ4v) is 3.47. The predicted octanol–water partition coefficient (Wildman–Crippen LogP) is 2.48. The molecule has 2 aromatic carbocycles. The van der Waals surface area contributed by atoms with E-state index in [0.29, 0.717) is 13.1 Å². The topological polar surface area (TPSA) is 78.5 Å². The minimum atomic E-state index is -0.394. The lowest BCUT2D eigenvalue weighted by molar-refractivity contribution is -0.126. The highest BCUT2D eigenvalue weighted by Gasteiger charge is 2.35. The number of nitrogens with one attached hydrogen (secondary N) is 2. The van der Waals surface area contributed by atoms with Gasteiger partial charge < -0.3 is 15.5 Å². The molecule has 152 valence electrons. The van der Waals surface area contributed by atoms with E-state index in [4.69, 9.17) is 0 Å². The highest BCUT2D eigenvalue weighted by atomic mass is 16.2. The first-order valence-electron chi connectivity index (χ1n) is 9.90. The van der Waals surface area contributed by atoms with Crippen LogP contribution in [0.25, 0.3) is 0 Å². The molecule has 1 aliphatic heterocycles. The van der Waals surface area contributed by atoms with Gasteiger partial charge >= 0.3 is 0 Å². The molecule has 6 nitrogen and oxygen atoms in total. The van der Waals surface area contributed by atoms with Gasteiger partial charge in [-0.25, -0.2) is 0 Å². The third kappa shape index (κ3) is 5.22. The Labute approximate surface area is 171 Å². The summed E-state index contributed by atoms with van der Waals surface area (Å²) in [6.45, 7) is 5.09. The van der Waals surface area contributed by atoms with Gasteiger partial charge in [0, 0.05) is 38.2 Å². The molecule has 0 saturated carbocycles. The molecule has 6 heteroatoms. The number of hydrogen-bond acceptors (Lipinski definition) is 3. The second kappa shape index (κ2) is 9.37. The molecule has 3 rings (SSSR count). The Kier molecular flexibility index (Phi) is 6.65. The van der Waals surface area contributed by atoms with Crippen molar-refractivity contribution in [2.45, 2.75) is 33.2 Å². The van der Waals surface area contributed by atoms with E-state index < -0.39 is 5.92 Å². The van der Waals surface area contributed by atoms with Gasteiger partial charge in [0.05, 0.1) is 5.92 Å². The van der Waals surface area contributed by atoms with E-state index in [1.54, 1.807) is 4.90 Å². The largest absolute Gasteiger partial charge is 0.355 e. The molecule has 0 aliphatic carbocycles. The van der Waals surface area contributed by atoms with Crippen LogP contribution in [-0.4, -0.2) is 30.8 Å². The van der Waals surface area contributed by atoms with Gasteiger partial charge in [0.2, 0.25) is 17.7 Å². The lowest BCUT2D eigenvalue weighted by Gasteiger charge is -2.20. The van der Waals surface area contributed by atoms with Crippen molar-refractivity contribution in [3.63, 3.8) is 0 Å². The predicted molar refractivity (Wildman–Crippen MR) is 112 cm³/mol. The molecular formula is C23H27N3O3. The van der Waals surface area contributed by atoms with Crippen LogP contribution in [0.15, 0.2) is 48.5 Å². The van der Waals surface area contributed by atoms with Gasteiger partial charge in [-0.15, -0.1) is 0 Å². The van der Waals surface area contributed by atoms with Crippen LogP contribution in [0.1, 0.15) is 29.5 Å². The molecule has 0 aromatic heterocycles. The summed E-state index contributed by atoms with van der Waals surface area (Å²) >= 11 is 0. The van der Waals surface area contributed by atoms with E-state index in [-0.39, 0.29) is 37.1 Å². The number of rotatable bonds is 7. The summed E-state index contributed by atoms with van der Waals surface area (Å²) in [6, 6.07) is 15.5. The summed E-state index contributed by atoms with van der Waals surface area (Å²) < 4.78 is 0. The van der Waals surface area contributed by atoms with Crippen molar-refractivity contribution in [1.29, 1.82) is 0 Å². The zero-order valence-corrected chi connectivity index (χ0v) is 16.9. The summed E-state index contributed by atoms with van der Waals surface area (Å²) in [6.07, 6.45) is 0.402. The number of aryl methyl sites for hydroxylation is 1. The lowest BCUT2D eigenvalue weighted by Crippen LogP contribution is -2.35. The SMILES string of the molecule is Cc1cccc(N2CC(C(=O)NCCC(=O)NCc3ccccc3)CC2=O)c1C. The van der Waals surface area contributed by atoms with Gasteiger partial charge in [-0.1, -0.05) is 42.5 Å². The number of benzene rings is 2. The molecule has 29 heavy (non-hydrogen) atoms. The van der Waals surface area contributed by atoms with Gasteiger partial charge in [-0.2, -0.15) is 0 Å². The van der Waals surface area contributed by atoms with Crippen LogP contribution in [0.4, 0.5) is 5.69 Å². The average Bonchev–Trinajstić information content (AvgIpc) is 3.11. The number of anilines is 1. The smallest absolute Gasteiger partial charge is 0.227 e. The molecule has 2 N–H and O–H groups in total. The maximum Gasteiger partial charge on any atom is 0.227 e. The van der Waals surface area contributed by atoms with Crippen molar-refractivity contribution in [3.05, 3.63) is 65.2 Å². The van der Waals surface area contributed by atoms with E-state index >= 15 is 0 Å². The molecular weight excluding hydrogens is 366 g/mol. The van der Waals surface area contributed by atoms with Crippen molar-refractivity contribution in [2.24, 2.45) is 5.92 Å². The molecule has 0 spiro atoms. The minimum absolute atomic E-state index is 0.0422. The number of hydrogen-bond donors (Lipinski definition) is 2. The standard InChI is InChI=1S/C23H27N3O3/c1-16-7-6-10-20(17(16)2)26-15-19(13-22(26)28)23(29)24-12-11-21(27)25-14-18-8-4-3-5-9-18/h3-10,19H,11-15H2,1-2H3,(H,24,29)(H,25,27). The molecule has 1 unspecified atom stereocenters. The van der Waals surface area contributed by atoms with Crippen molar-refractivity contribution < 1.29 is 14.4 Å². The van der Waals surface area contributed by atoms with E-state index in [9.17, 15) is 14.4 Å². The normalized spacial score (nSPS) is 16.0. The highest BCUT2D eigenvalue weighted by molar-refractivity contribution is 6.01. The van der Waals surface area contributed by atoms with Gasteiger partial charge in [-0.3, -0.25) is 14.4 Å². The zero-order valence-electron chi connectivity index (χ0n) is 16.9. The van der Waals surface area contributed by atoms with Crippen molar-refractivity contribution in [1.82, 2.24) is 10.6 Å². The number of carbonyl (C=O) groups excluding carboxylic acids is 3. The summed E-state index contributed by atoms with van der Waals surface area (Å²) in [7, 11) is 0. The fraction of sp³-hybridized carbons (Fsp3) is 0.348. The second-order valence-corrected chi connectivity index (χ2v) is 7.43. The van der Waals surface area contributed by atoms with Gasteiger partial charge in [0.15, 0.2) is 0 Å². The average molecular weight is 393 g/mol. The van der Waals surface area contributed by atoms with Crippen LogP contribution in [0.3, 0.4) is 0 Å². The van der Waals surface area contributed by atoms with E-state index in [1.807, 2.05) is 62.4 Å². The first-order chi connectivity index (χ1) is 14.0. The van der Waals surface area contributed by atoms with Crippen LogP contribution in [0.5, 0.6) is 0 Å². The summed E-state index contributed by atoms with van der Waals surface area (Å²) in [4.78, 5) is 38.5. The molecule has 1 saturated heterocycles. The van der Waals surface area contributed by atoms with Crippen LogP contribution < -0.4 is 15.5 Å². The molecule has 1 heterocycles. The summed E-state index contributed by atoms with van der Waals surface area (Å²) in [5.74, 6) is -0.732. The molecule has 0 bridgehead atoms. The van der Waals surface area contributed by atoms with Crippen LogP contribution in [0.2, 0.25) is 0 Å². The summed E-state index contributed by atoms with van der Waals surface area (Å²) in [5, 5.41) is 5.63. The minimum Gasteiger partial charge on any atom is -0.355 e. The van der Waals surface area contributed by atoms with Crippen molar-refractivity contribution in [3.8, 4) is 0 Å². The maximum atomic E-state index is 12.5. The van der Waals surface area contributed by atoms with Gasteiger partial charge in [0.25, 0.3) is 0 Å². The molecule has 1 fully saturated rings. The number of nitrogens with zero attached hydrogens (tertiary/aromatic N) is 1. The quantitative estimate of drug-likeness (QED) is 0.759. The van der Waals surface area contributed by atoms with E-state index in [2.05, 4.69) is 10.6 Å². The van der Waals surface area contributed by atoms with Gasteiger partial charge in [0.1, 0.15) is 0 Å².